The third-order valence-corrected chi connectivity index (χ3v) is 5.12. The molecule has 1 saturated carbocycles. The van der Waals surface area contributed by atoms with E-state index in [1.165, 1.54) is 25.7 Å². The van der Waals surface area contributed by atoms with Gasteiger partial charge in [-0.25, -0.2) is 0 Å². The molecule has 1 aliphatic carbocycles. The van der Waals surface area contributed by atoms with Crippen LogP contribution in [0, 0.1) is 5.92 Å². The number of methoxy groups -OCH3 is 1. The summed E-state index contributed by atoms with van der Waals surface area (Å²) in [5, 5.41) is 6.54. The molecule has 25 heavy (non-hydrogen) atoms. The fraction of sp³-hybridized carbons (Fsp3) is 0.632. The number of amides is 1. The van der Waals surface area contributed by atoms with E-state index in [4.69, 9.17) is 9.47 Å². The van der Waals surface area contributed by atoms with Crippen LogP contribution in [0.3, 0.4) is 0 Å². The number of hydrogen-bond donors (Lipinski definition) is 2. The normalized spacial score (nSPS) is 26.1. The van der Waals surface area contributed by atoms with Crippen LogP contribution in [0.1, 0.15) is 39.0 Å². The molecule has 4 atom stereocenters. The fourth-order valence-corrected chi connectivity index (χ4v) is 3.84. The van der Waals surface area contributed by atoms with Gasteiger partial charge in [0.05, 0.1) is 19.7 Å². The minimum absolute atomic E-state index is 0. The highest BCUT2D eigenvalue weighted by molar-refractivity contribution is 5.85. The van der Waals surface area contributed by atoms with Crippen molar-refractivity contribution in [2.45, 2.75) is 57.2 Å². The standard InChI is InChI=1S/C19H28N2O3.ClH/c1-13(24-16-8-5-7-15(11-16)23-2)12-20-19(22)18-10-14-6-3-4-9-17(14)21-18;/h5,7-8,11,13-14,17-18,21H,3-4,6,9-10,12H2,1-2H3,(H,20,22);1H. The number of nitrogens with one attached hydrogen (secondary N) is 2. The van der Waals surface area contributed by atoms with Crippen molar-refractivity contribution in [2.75, 3.05) is 13.7 Å². The molecule has 5 nitrogen and oxygen atoms in total. The summed E-state index contributed by atoms with van der Waals surface area (Å²) in [5.74, 6) is 2.30. The van der Waals surface area contributed by atoms with Gasteiger partial charge in [-0.2, -0.15) is 0 Å². The average Bonchev–Trinajstić information content (AvgIpc) is 3.04. The summed E-state index contributed by atoms with van der Waals surface area (Å²) in [7, 11) is 1.63. The second-order valence-corrected chi connectivity index (χ2v) is 6.96. The maximum Gasteiger partial charge on any atom is 0.237 e. The van der Waals surface area contributed by atoms with Crippen molar-refractivity contribution in [1.29, 1.82) is 0 Å². The number of carbonyl (C=O) groups excluding carboxylic acids is 1. The second-order valence-electron chi connectivity index (χ2n) is 6.96. The Kier molecular flexibility index (Phi) is 7.38. The Morgan fingerprint density at radius 2 is 2.08 bits per heavy atom. The summed E-state index contributed by atoms with van der Waals surface area (Å²) >= 11 is 0. The van der Waals surface area contributed by atoms with Crippen LogP contribution in [-0.4, -0.2) is 37.7 Å². The molecule has 140 valence electrons. The van der Waals surface area contributed by atoms with Crippen molar-refractivity contribution in [3.8, 4) is 11.5 Å². The molecule has 0 aromatic heterocycles. The zero-order valence-corrected chi connectivity index (χ0v) is 15.8. The molecule has 1 saturated heterocycles. The van der Waals surface area contributed by atoms with Gasteiger partial charge < -0.3 is 20.1 Å². The molecule has 1 aliphatic heterocycles. The Bertz CT molecular complexity index is 555. The Labute approximate surface area is 156 Å². The van der Waals surface area contributed by atoms with Crippen LogP contribution in [0.5, 0.6) is 11.5 Å². The molecule has 1 aromatic rings. The van der Waals surface area contributed by atoms with Crippen LogP contribution in [0.4, 0.5) is 0 Å². The van der Waals surface area contributed by atoms with Gasteiger partial charge in [-0.1, -0.05) is 18.9 Å². The van der Waals surface area contributed by atoms with E-state index < -0.39 is 0 Å². The minimum atomic E-state index is -0.0928. The molecule has 0 bridgehead atoms. The van der Waals surface area contributed by atoms with Gasteiger partial charge in [0, 0.05) is 12.1 Å². The smallest absolute Gasteiger partial charge is 0.237 e. The molecular formula is C19H29ClN2O3. The Morgan fingerprint density at radius 1 is 1.32 bits per heavy atom. The number of hydrogen-bond acceptors (Lipinski definition) is 4. The first-order valence-electron chi connectivity index (χ1n) is 9.00. The molecule has 0 radical (unpaired) electrons. The van der Waals surface area contributed by atoms with E-state index in [-0.39, 0.29) is 30.5 Å². The van der Waals surface area contributed by atoms with Crippen LogP contribution in [0.15, 0.2) is 24.3 Å². The van der Waals surface area contributed by atoms with Crippen LogP contribution < -0.4 is 20.1 Å². The number of rotatable bonds is 6. The van der Waals surface area contributed by atoms with Gasteiger partial charge in [0.2, 0.25) is 5.91 Å². The number of fused-ring (bicyclic) bond motifs is 1. The van der Waals surface area contributed by atoms with E-state index in [1.807, 2.05) is 31.2 Å². The summed E-state index contributed by atoms with van der Waals surface area (Å²) in [6, 6.07) is 8.02. The zero-order chi connectivity index (χ0) is 16.9. The Balaban J connectivity index is 0.00000225. The van der Waals surface area contributed by atoms with E-state index in [0.29, 0.717) is 18.5 Å². The van der Waals surface area contributed by atoms with Crippen molar-refractivity contribution >= 4 is 18.3 Å². The predicted molar refractivity (Wildman–Crippen MR) is 101 cm³/mol. The molecule has 1 amide bonds. The molecule has 0 spiro atoms. The van der Waals surface area contributed by atoms with Crippen LogP contribution in [0.25, 0.3) is 0 Å². The van der Waals surface area contributed by atoms with Crippen molar-refractivity contribution < 1.29 is 14.3 Å². The Hall–Kier alpha value is -1.46. The quantitative estimate of drug-likeness (QED) is 0.810. The maximum atomic E-state index is 12.4. The number of ether oxygens (including phenoxy) is 2. The molecular weight excluding hydrogens is 340 g/mol. The zero-order valence-electron chi connectivity index (χ0n) is 15.0. The van der Waals surface area contributed by atoms with Crippen LogP contribution in [-0.2, 0) is 4.79 Å². The first kappa shape index (κ1) is 19.9. The van der Waals surface area contributed by atoms with Crippen molar-refractivity contribution in [3.05, 3.63) is 24.3 Å². The first-order valence-corrected chi connectivity index (χ1v) is 9.00. The van der Waals surface area contributed by atoms with E-state index in [9.17, 15) is 4.79 Å². The lowest BCUT2D eigenvalue weighted by Gasteiger charge is -2.24. The van der Waals surface area contributed by atoms with Crippen molar-refractivity contribution in [3.63, 3.8) is 0 Å². The molecule has 6 heteroatoms. The van der Waals surface area contributed by atoms with Crippen molar-refractivity contribution in [2.24, 2.45) is 5.92 Å². The molecule has 1 aromatic carbocycles. The van der Waals surface area contributed by atoms with Gasteiger partial charge in [-0.05, 0) is 44.2 Å². The summed E-state index contributed by atoms with van der Waals surface area (Å²) in [4.78, 5) is 12.4. The summed E-state index contributed by atoms with van der Waals surface area (Å²) in [6.45, 7) is 2.46. The molecule has 2 N–H and O–H groups in total. The topological polar surface area (TPSA) is 59.6 Å². The van der Waals surface area contributed by atoms with Gasteiger partial charge >= 0.3 is 0 Å². The van der Waals surface area contributed by atoms with E-state index in [2.05, 4.69) is 10.6 Å². The fourth-order valence-electron chi connectivity index (χ4n) is 3.84. The number of carbonyl (C=O) groups is 1. The lowest BCUT2D eigenvalue weighted by Crippen LogP contribution is -2.45. The van der Waals surface area contributed by atoms with Crippen LogP contribution >= 0.6 is 12.4 Å². The molecule has 2 aliphatic rings. The third kappa shape index (κ3) is 5.25. The van der Waals surface area contributed by atoms with Crippen molar-refractivity contribution in [1.82, 2.24) is 10.6 Å². The second kappa shape index (κ2) is 9.30. The third-order valence-electron chi connectivity index (χ3n) is 5.12. The van der Waals surface area contributed by atoms with E-state index >= 15 is 0 Å². The largest absolute Gasteiger partial charge is 0.497 e. The maximum absolute atomic E-state index is 12.4. The summed E-state index contributed by atoms with van der Waals surface area (Å²) in [6.07, 6.45) is 5.95. The number of halogens is 1. The SMILES string of the molecule is COc1cccc(OC(C)CNC(=O)C2CC3CCCCC3N2)c1.Cl. The van der Waals surface area contributed by atoms with Gasteiger partial charge in [-0.3, -0.25) is 4.79 Å². The molecule has 4 unspecified atom stereocenters. The number of benzene rings is 1. The van der Waals surface area contributed by atoms with Gasteiger partial charge in [0.1, 0.15) is 17.6 Å². The summed E-state index contributed by atoms with van der Waals surface area (Å²) in [5.41, 5.74) is 0. The van der Waals surface area contributed by atoms with E-state index in [0.717, 1.165) is 17.9 Å². The molecule has 1 heterocycles. The van der Waals surface area contributed by atoms with Crippen LogP contribution in [0.2, 0.25) is 0 Å². The highest BCUT2D eigenvalue weighted by Gasteiger charge is 2.38. The lowest BCUT2D eigenvalue weighted by molar-refractivity contribution is -0.123. The Morgan fingerprint density at radius 3 is 2.84 bits per heavy atom. The van der Waals surface area contributed by atoms with Gasteiger partial charge in [0.25, 0.3) is 0 Å². The molecule has 3 rings (SSSR count). The highest BCUT2D eigenvalue weighted by atomic mass is 35.5. The minimum Gasteiger partial charge on any atom is -0.497 e. The molecule has 2 fully saturated rings. The monoisotopic (exact) mass is 368 g/mol. The lowest BCUT2D eigenvalue weighted by atomic mass is 9.85. The van der Waals surface area contributed by atoms with Gasteiger partial charge in [0.15, 0.2) is 0 Å². The van der Waals surface area contributed by atoms with E-state index in [1.54, 1.807) is 7.11 Å². The van der Waals surface area contributed by atoms with Gasteiger partial charge in [-0.15, -0.1) is 12.4 Å². The summed E-state index contributed by atoms with van der Waals surface area (Å²) < 4.78 is 11.0. The average molecular weight is 369 g/mol. The first-order chi connectivity index (χ1) is 11.7. The highest BCUT2D eigenvalue weighted by Crippen LogP contribution is 2.33. The predicted octanol–water partition coefficient (Wildman–Crippen LogP) is 2.92.